The summed E-state index contributed by atoms with van der Waals surface area (Å²) in [4.78, 5) is 11.9. The molecule has 0 saturated carbocycles. The third-order valence-corrected chi connectivity index (χ3v) is 3.46. The van der Waals surface area contributed by atoms with E-state index < -0.39 is 0 Å². The number of nitrogens with one attached hydrogen (secondary N) is 2. The van der Waals surface area contributed by atoms with Crippen LogP contribution in [0.5, 0.6) is 0 Å². The molecule has 4 nitrogen and oxygen atoms in total. The number of carbonyl (C=O) groups is 1. The molecule has 1 unspecified atom stereocenters. The minimum Gasteiger partial charge on any atom is -0.502 e. The lowest BCUT2D eigenvalue weighted by molar-refractivity contribution is -0.117. The summed E-state index contributed by atoms with van der Waals surface area (Å²) in [7, 11) is 0. The molecule has 0 saturated heterocycles. The predicted octanol–water partition coefficient (Wildman–Crippen LogP) is 2.58. The molecule has 1 aromatic rings. The first-order valence-electron chi connectivity index (χ1n) is 5.79. The topological polar surface area (TPSA) is 50.4 Å². The van der Waals surface area contributed by atoms with Gasteiger partial charge in [0.25, 0.3) is 0 Å². The van der Waals surface area contributed by atoms with Crippen molar-refractivity contribution in [2.24, 2.45) is 0 Å². The highest BCUT2D eigenvalue weighted by atomic mass is 79.9. The van der Waals surface area contributed by atoms with E-state index in [0.717, 1.165) is 22.1 Å². The van der Waals surface area contributed by atoms with Crippen molar-refractivity contribution in [2.45, 2.75) is 12.5 Å². The van der Waals surface area contributed by atoms with Crippen LogP contribution in [0.25, 0.3) is 0 Å². The SMILES string of the molecule is C=COCCCNC1C(=O)Nc2cccc(Br)c21. The maximum Gasteiger partial charge on any atom is 0.246 e. The largest absolute Gasteiger partial charge is 0.502 e. The van der Waals surface area contributed by atoms with Gasteiger partial charge in [-0.15, -0.1) is 0 Å². The second-order valence-electron chi connectivity index (χ2n) is 3.97. The number of halogens is 1. The van der Waals surface area contributed by atoms with Crippen LogP contribution < -0.4 is 10.6 Å². The highest BCUT2D eigenvalue weighted by Crippen LogP contribution is 2.36. The zero-order chi connectivity index (χ0) is 13.0. The van der Waals surface area contributed by atoms with Gasteiger partial charge in [0.1, 0.15) is 6.04 Å². The summed E-state index contributed by atoms with van der Waals surface area (Å²) < 4.78 is 5.98. The summed E-state index contributed by atoms with van der Waals surface area (Å²) in [5.41, 5.74) is 1.85. The van der Waals surface area contributed by atoms with Crippen molar-refractivity contribution in [2.75, 3.05) is 18.5 Å². The van der Waals surface area contributed by atoms with E-state index in [1.807, 2.05) is 18.2 Å². The first kappa shape index (κ1) is 13.1. The monoisotopic (exact) mass is 310 g/mol. The van der Waals surface area contributed by atoms with E-state index in [-0.39, 0.29) is 11.9 Å². The third-order valence-electron chi connectivity index (χ3n) is 2.77. The summed E-state index contributed by atoms with van der Waals surface area (Å²) >= 11 is 3.48. The van der Waals surface area contributed by atoms with E-state index in [2.05, 4.69) is 33.1 Å². The van der Waals surface area contributed by atoms with Crippen molar-refractivity contribution in [1.82, 2.24) is 5.32 Å². The molecule has 96 valence electrons. The highest BCUT2D eigenvalue weighted by Gasteiger charge is 2.31. The lowest BCUT2D eigenvalue weighted by Gasteiger charge is -2.12. The van der Waals surface area contributed by atoms with Crippen molar-refractivity contribution in [1.29, 1.82) is 0 Å². The normalized spacial score (nSPS) is 17.2. The number of hydrogen-bond acceptors (Lipinski definition) is 3. The lowest BCUT2D eigenvalue weighted by atomic mass is 10.1. The van der Waals surface area contributed by atoms with Crippen molar-refractivity contribution < 1.29 is 9.53 Å². The molecule has 0 aliphatic carbocycles. The van der Waals surface area contributed by atoms with E-state index in [9.17, 15) is 4.79 Å². The summed E-state index contributed by atoms with van der Waals surface area (Å²) in [5, 5.41) is 6.09. The van der Waals surface area contributed by atoms with Crippen molar-refractivity contribution in [3.05, 3.63) is 41.1 Å². The van der Waals surface area contributed by atoms with Crippen LogP contribution in [0.1, 0.15) is 18.0 Å². The molecule has 0 spiro atoms. The lowest BCUT2D eigenvalue weighted by Crippen LogP contribution is -2.29. The van der Waals surface area contributed by atoms with Gasteiger partial charge in [-0.1, -0.05) is 28.6 Å². The third kappa shape index (κ3) is 2.73. The van der Waals surface area contributed by atoms with Gasteiger partial charge in [0, 0.05) is 15.7 Å². The molecule has 18 heavy (non-hydrogen) atoms. The zero-order valence-electron chi connectivity index (χ0n) is 9.91. The molecule has 5 heteroatoms. The van der Waals surface area contributed by atoms with Crippen LogP contribution in [-0.4, -0.2) is 19.1 Å². The molecular formula is C13H15BrN2O2. The molecule has 0 radical (unpaired) electrons. The Morgan fingerprint density at radius 3 is 3.17 bits per heavy atom. The second-order valence-corrected chi connectivity index (χ2v) is 4.82. The standard InChI is InChI=1S/C13H15BrN2O2/c1-2-18-8-4-7-15-12-11-9(14)5-3-6-10(11)16-13(12)17/h2-3,5-6,12,15H,1,4,7-8H2,(H,16,17). The number of ether oxygens (including phenoxy) is 1. The predicted molar refractivity (Wildman–Crippen MR) is 74.3 cm³/mol. The second kappa shape index (κ2) is 6.02. The number of rotatable bonds is 6. The zero-order valence-corrected chi connectivity index (χ0v) is 11.5. The Morgan fingerprint density at radius 1 is 1.56 bits per heavy atom. The maximum absolute atomic E-state index is 11.9. The number of fused-ring (bicyclic) bond motifs is 1. The Kier molecular flexibility index (Phi) is 4.38. The first-order chi connectivity index (χ1) is 8.74. The van der Waals surface area contributed by atoms with Crippen LogP contribution in [0.3, 0.4) is 0 Å². The summed E-state index contributed by atoms with van der Waals surface area (Å²) in [6, 6.07) is 5.46. The first-order valence-corrected chi connectivity index (χ1v) is 6.58. The fourth-order valence-electron chi connectivity index (χ4n) is 1.96. The van der Waals surface area contributed by atoms with Gasteiger partial charge in [0.05, 0.1) is 12.9 Å². The Labute approximate surface area is 115 Å². The minimum absolute atomic E-state index is 0.0125. The van der Waals surface area contributed by atoms with Gasteiger partial charge in [-0.3, -0.25) is 4.79 Å². The fourth-order valence-corrected chi connectivity index (χ4v) is 2.55. The van der Waals surface area contributed by atoms with Crippen LogP contribution in [-0.2, 0) is 9.53 Å². The van der Waals surface area contributed by atoms with E-state index in [4.69, 9.17) is 4.74 Å². The number of hydrogen-bond donors (Lipinski definition) is 2. The number of amides is 1. The van der Waals surface area contributed by atoms with Crippen LogP contribution in [0.2, 0.25) is 0 Å². The molecular weight excluding hydrogens is 296 g/mol. The van der Waals surface area contributed by atoms with E-state index in [0.29, 0.717) is 13.2 Å². The summed E-state index contributed by atoms with van der Waals surface area (Å²) in [6.45, 7) is 4.80. The van der Waals surface area contributed by atoms with Crippen molar-refractivity contribution >= 4 is 27.5 Å². The Morgan fingerprint density at radius 2 is 2.39 bits per heavy atom. The van der Waals surface area contributed by atoms with Gasteiger partial charge in [-0.05, 0) is 25.1 Å². The number of carbonyl (C=O) groups excluding carboxylic acids is 1. The molecule has 2 N–H and O–H groups in total. The Balaban J connectivity index is 1.98. The molecule has 0 bridgehead atoms. The van der Waals surface area contributed by atoms with Gasteiger partial charge < -0.3 is 15.4 Å². The van der Waals surface area contributed by atoms with Crippen LogP contribution in [0, 0.1) is 0 Å². The molecule has 0 fully saturated rings. The molecule has 2 rings (SSSR count). The van der Waals surface area contributed by atoms with Crippen molar-refractivity contribution in [3.8, 4) is 0 Å². The van der Waals surface area contributed by atoms with Gasteiger partial charge >= 0.3 is 0 Å². The maximum atomic E-state index is 11.9. The smallest absolute Gasteiger partial charge is 0.246 e. The van der Waals surface area contributed by atoms with Gasteiger partial charge in [0.2, 0.25) is 5.91 Å². The molecule has 1 atom stereocenters. The van der Waals surface area contributed by atoms with Gasteiger partial charge in [0.15, 0.2) is 0 Å². The molecule has 1 heterocycles. The van der Waals surface area contributed by atoms with E-state index in [1.54, 1.807) is 0 Å². The fraction of sp³-hybridized carbons (Fsp3) is 0.308. The van der Waals surface area contributed by atoms with Gasteiger partial charge in [-0.25, -0.2) is 0 Å². The van der Waals surface area contributed by atoms with Crippen LogP contribution in [0.15, 0.2) is 35.5 Å². The number of anilines is 1. The van der Waals surface area contributed by atoms with Crippen LogP contribution in [0.4, 0.5) is 5.69 Å². The molecule has 1 aliphatic rings. The average Bonchev–Trinajstić information content (AvgIpc) is 2.67. The van der Waals surface area contributed by atoms with Gasteiger partial charge in [-0.2, -0.15) is 0 Å². The van der Waals surface area contributed by atoms with E-state index in [1.165, 1.54) is 6.26 Å². The van der Waals surface area contributed by atoms with E-state index >= 15 is 0 Å². The highest BCUT2D eigenvalue weighted by molar-refractivity contribution is 9.10. The molecule has 1 amide bonds. The Bertz CT molecular complexity index is 462. The average molecular weight is 311 g/mol. The molecule has 0 aromatic heterocycles. The Hall–Kier alpha value is -1.33. The summed E-state index contributed by atoms with van der Waals surface area (Å²) in [5.74, 6) is -0.0125. The summed E-state index contributed by atoms with van der Waals surface area (Å²) in [6.07, 6.45) is 2.25. The quantitative estimate of drug-likeness (QED) is 0.627. The number of benzene rings is 1. The van der Waals surface area contributed by atoms with Crippen LogP contribution >= 0.6 is 15.9 Å². The minimum atomic E-state index is -0.292. The molecule has 1 aliphatic heterocycles. The molecule has 1 aromatic carbocycles. The van der Waals surface area contributed by atoms with Crippen molar-refractivity contribution in [3.63, 3.8) is 0 Å².